The summed E-state index contributed by atoms with van der Waals surface area (Å²) in [5.74, 6) is -7.93. The predicted octanol–water partition coefficient (Wildman–Crippen LogP) is 1.64. The molecule has 0 aliphatic carbocycles. The first-order valence-corrected chi connectivity index (χ1v) is 4.05. The van der Waals surface area contributed by atoms with Gasteiger partial charge in [0.25, 0.3) is 0 Å². The van der Waals surface area contributed by atoms with Gasteiger partial charge >= 0.3 is 7.69 Å². The van der Waals surface area contributed by atoms with Gasteiger partial charge in [0.1, 0.15) is 0 Å². The fourth-order valence-electron chi connectivity index (χ4n) is 0.776. The summed E-state index contributed by atoms with van der Waals surface area (Å²) in [5, 5.41) is 8.21. The average Bonchev–Trinajstić information content (AvgIpc) is 2.19. The minimum Gasteiger partial charge on any atom is -0.535 e. The Kier molecular flexibility index (Phi) is 3.38. The Balaban J connectivity index is 3.43. The highest BCUT2D eigenvalue weighted by atomic mass is 79.9. The molecule has 0 atom stereocenters. The summed E-state index contributed by atoms with van der Waals surface area (Å²) in [6.45, 7) is 0. The third-order valence-electron chi connectivity index (χ3n) is 1.38. The normalized spacial score (nSPS) is 10.1. The largest absolute Gasteiger partial charge is 0.535 e. The molecule has 0 saturated carbocycles. The second-order valence-electron chi connectivity index (χ2n) is 2.17. The van der Waals surface area contributed by atoms with Crippen molar-refractivity contribution < 1.29 is 27.2 Å². The van der Waals surface area contributed by atoms with Gasteiger partial charge in [-0.05, 0) is 15.9 Å². The zero-order chi connectivity index (χ0) is 10.9. The number of halogens is 5. The lowest BCUT2D eigenvalue weighted by Gasteiger charge is -2.08. The fourth-order valence-corrected chi connectivity index (χ4v) is 1.12. The minimum atomic E-state index is -1.70. The highest BCUT2D eigenvalue weighted by Gasteiger charge is 2.24. The van der Waals surface area contributed by atoms with Crippen LogP contribution in [0.1, 0.15) is 0 Å². The van der Waals surface area contributed by atoms with Gasteiger partial charge in [-0.3, -0.25) is 0 Å². The van der Waals surface area contributed by atoms with Crippen molar-refractivity contribution in [3.8, 4) is 5.75 Å². The van der Waals surface area contributed by atoms with Crippen LogP contribution in [0.25, 0.3) is 0 Å². The van der Waals surface area contributed by atoms with Crippen LogP contribution in [-0.2, 0) is 0 Å². The maximum Gasteiger partial charge on any atom is 0.504 e. The number of hydrogen-bond acceptors (Lipinski definition) is 2. The third kappa shape index (κ3) is 1.71. The molecule has 0 aromatic heterocycles. The molecule has 0 bridgehead atoms. The van der Waals surface area contributed by atoms with E-state index in [4.69, 9.17) is 5.02 Å². The summed E-state index contributed by atoms with van der Waals surface area (Å²) in [7, 11) is -1.09. The zero-order valence-electron chi connectivity index (χ0n) is 6.45. The van der Waals surface area contributed by atoms with E-state index in [1.165, 1.54) is 0 Å². The minimum absolute atomic E-state index is 0.960. The van der Waals surface area contributed by atoms with Gasteiger partial charge in [0.2, 0.25) is 11.6 Å². The molecule has 0 amide bonds. The van der Waals surface area contributed by atoms with Crippen LogP contribution >= 0.6 is 15.9 Å². The Bertz CT molecular complexity index is 344. The molecule has 0 unspecified atom stereocenters. The van der Waals surface area contributed by atoms with Gasteiger partial charge in [-0.15, -0.1) is 0 Å². The molecule has 1 rings (SSSR count). The lowest BCUT2D eigenvalue weighted by atomic mass is 10.2. The third-order valence-corrected chi connectivity index (χ3v) is 2.07. The van der Waals surface area contributed by atoms with Gasteiger partial charge in [0.05, 0.1) is 4.47 Å². The number of rotatable bonds is 2. The van der Waals surface area contributed by atoms with Crippen LogP contribution in [0, 0.1) is 23.3 Å². The van der Waals surface area contributed by atoms with Crippen molar-refractivity contribution in [1.82, 2.24) is 0 Å². The molecule has 0 aliphatic heterocycles. The molecule has 0 radical (unpaired) electrons. The molecule has 76 valence electrons. The molecule has 0 saturated heterocycles. The van der Waals surface area contributed by atoms with E-state index in [2.05, 4.69) is 20.6 Å². The van der Waals surface area contributed by atoms with E-state index in [1.807, 2.05) is 0 Å². The fraction of sp³-hybridized carbons (Fsp3) is 0. The molecule has 1 N–H and O–H groups in total. The van der Waals surface area contributed by atoms with Crippen LogP contribution in [0.2, 0.25) is 0 Å². The van der Waals surface area contributed by atoms with E-state index in [0.717, 1.165) is 0 Å². The Morgan fingerprint density at radius 2 is 1.43 bits per heavy atom. The Hall–Kier alpha value is -0.755. The first kappa shape index (κ1) is 11.3. The van der Waals surface area contributed by atoms with Crippen LogP contribution in [0.5, 0.6) is 5.75 Å². The van der Waals surface area contributed by atoms with Gasteiger partial charge in [-0.2, -0.15) is 8.78 Å². The van der Waals surface area contributed by atoms with Gasteiger partial charge in [0, 0.05) is 0 Å². The summed E-state index contributed by atoms with van der Waals surface area (Å²) in [5.41, 5.74) is 0. The summed E-state index contributed by atoms with van der Waals surface area (Å²) in [6, 6.07) is 0. The molecule has 0 fully saturated rings. The van der Waals surface area contributed by atoms with Crippen LogP contribution in [0.4, 0.5) is 17.6 Å². The van der Waals surface area contributed by atoms with Crippen molar-refractivity contribution in [3.63, 3.8) is 0 Å². The maximum atomic E-state index is 12.8. The Labute approximate surface area is 84.9 Å². The monoisotopic (exact) mass is 272 g/mol. The van der Waals surface area contributed by atoms with Crippen molar-refractivity contribution in [3.05, 3.63) is 27.7 Å². The molecular formula is C6H2BBrF4O2. The van der Waals surface area contributed by atoms with E-state index in [1.54, 1.807) is 0 Å². The molecule has 1 aromatic carbocycles. The first-order chi connectivity index (χ1) is 6.50. The highest BCUT2D eigenvalue weighted by Crippen LogP contribution is 2.32. The first-order valence-electron chi connectivity index (χ1n) is 3.25. The molecular weight excluding hydrogens is 271 g/mol. The highest BCUT2D eigenvalue weighted by molar-refractivity contribution is 9.10. The molecule has 8 heteroatoms. The van der Waals surface area contributed by atoms with Crippen molar-refractivity contribution in [2.45, 2.75) is 0 Å². The summed E-state index contributed by atoms with van der Waals surface area (Å²) < 4.78 is 54.2. The van der Waals surface area contributed by atoms with E-state index in [-0.39, 0.29) is 0 Å². The van der Waals surface area contributed by atoms with Crippen molar-refractivity contribution in [2.24, 2.45) is 0 Å². The summed E-state index contributed by atoms with van der Waals surface area (Å²) in [4.78, 5) is 0. The van der Waals surface area contributed by atoms with Crippen LogP contribution in [-0.4, -0.2) is 12.7 Å². The van der Waals surface area contributed by atoms with E-state index < -0.39 is 41.2 Å². The van der Waals surface area contributed by atoms with Crippen LogP contribution in [0.3, 0.4) is 0 Å². The van der Waals surface area contributed by atoms with E-state index in [0.29, 0.717) is 0 Å². The van der Waals surface area contributed by atoms with Crippen molar-refractivity contribution in [2.75, 3.05) is 0 Å². The SMILES string of the molecule is OBOc1c(F)c(F)c(Br)c(F)c1F. The van der Waals surface area contributed by atoms with Crippen molar-refractivity contribution in [1.29, 1.82) is 0 Å². The average molecular weight is 273 g/mol. The van der Waals surface area contributed by atoms with Crippen LogP contribution in [0.15, 0.2) is 4.47 Å². The van der Waals surface area contributed by atoms with E-state index in [9.17, 15) is 17.6 Å². The molecule has 1 aromatic rings. The molecule has 2 nitrogen and oxygen atoms in total. The predicted molar refractivity (Wildman–Crippen MR) is 44.0 cm³/mol. The second kappa shape index (κ2) is 4.18. The van der Waals surface area contributed by atoms with Crippen molar-refractivity contribution >= 4 is 23.6 Å². The molecule has 0 heterocycles. The smallest absolute Gasteiger partial charge is 0.504 e. The molecule has 0 spiro atoms. The summed E-state index contributed by atoms with van der Waals surface area (Å²) in [6.07, 6.45) is 0. The van der Waals surface area contributed by atoms with Crippen LogP contribution < -0.4 is 4.65 Å². The quantitative estimate of drug-likeness (QED) is 0.384. The Morgan fingerprint density at radius 3 is 1.79 bits per heavy atom. The van der Waals surface area contributed by atoms with Gasteiger partial charge in [-0.1, -0.05) is 0 Å². The summed E-state index contributed by atoms with van der Waals surface area (Å²) >= 11 is 2.32. The standard InChI is InChI=1S/C6H2BBrF4O2/c8-1-2(9)4(11)6(14-7-13)5(12)3(1)10/h7,13H. The van der Waals surface area contributed by atoms with Gasteiger partial charge in [-0.25, -0.2) is 8.78 Å². The topological polar surface area (TPSA) is 29.5 Å². The zero-order valence-corrected chi connectivity index (χ0v) is 8.04. The number of hydrogen-bond donors (Lipinski definition) is 1. The van der Waals surface area contributed by atoms with Gasteiger partial charge < -0.3 is 9.68 Å². The van der Waals surface area contributed by atoms with Gasteiger partial charge in [0.15, 0.2) is 17.4 Å². The molecule has 14 heavy (non-hydrogen) atoms. The van der Waals surface area contributed by atoms with E-state index >= 15 is 0 Å². The lowest BCUT2D eigenvalue weighted by molar-refractivity contribution is 0.369. The second-order valence-corrected chi connectivity index (χ2v) is 2.97. The Morgan fingerprint density at radius 1 is 1.00 bits per heavy atom. The lowest BCUT2D eigenvalue weighted by Crippen LogP contribution is -2.08. The molecule has 0 aliphatic rings. The maximum absolute atomic E-state index is 12.8. The number of benzene rings is 1.